The van der Waals surface area contributed by atoms with Gasteiger partial charge in [0.25, 0.3) is 5.91 Å². The van der Waals surface area contributed by atoms with Gasteiger partial charge >= 0.3 is 0 Å². The first-order valence-electron chi connectivity index (χ1n) is 9.00. The maximum atomic E-state index is 12.4. The number of carbonyl (C=O) groups is 3. The van der Waals surface area contributed by atoms with E-state index in [0.717, 1.165) is 12.1 Å². The van der Waals surface area contributed by atoms with Gasteiger partial charge in [-0.1, -0.05) is 5.92 Å². The van der Waals surface area contributed by atoms with E-state index in [-0.39, 0.29) is 37.4 Å². The second kappa shape index (κ2) is 8.91. The van der Waals surface area contributed by atoms with E-state index >= 15 is 0 Å². The van der Waals surface area contributed by atoms with E-state index in [1.165, 1.54) is 11.2 Å². The summed E-state index contributed by atoms with van der Waals surface area (Å²) in [4.78, 5) is 39.6. The van der Waals surface area contributed by atoms with Crippen molar-refractivity contribution in [2.45, 2.75) is 19.4 Å². The Labute approximate surface area is 163 Å². The van der Waals surface area contributed by atoms with E-state index in [1.807, 2.05) is 0 Å². The Morgan fingerprint density at radius 3 is 2.64 bits per heavy atom. The van der Waals surface area contributed by atoms with Gasteiger partial charge in [0.15, 0.2) is 0 Å². The fraction of sp³-hybridized carbons (Fsp3) is 0.286. The van der Waals surface area contributed by atoms with Crippen molar-refractivity contribution in [1.82, 2.24) is 10.2 Å². The number of hydrogen-bond donors (Lipinski definition) is 1. The Kier molecular flexibility index (Phi) is 6.12. The molecule has 28 heavy (non-hydrogen) atoms. The molecule has 0 spiro atoms. The van der Waals surface area contributed by atoms with Gasteiger partial charge in [0.2, 0.25) is 11.8 Å². The van der Waals surface area contributed by atoms with E-state index < -0.39 is 0 Å². The normalized spacial score (nSPS) is 13.2. The maximum Gasteiger partial charge on any atom is 0.251 e. The minimum absolute atomic E-state index is 0.0907. The fourth-order valence-corrected chi connectivity index (χ4v) is 3.02. The van der Waals surface area contributed by atoms with E-state index in [9.17, 15) is 14.4 Å². The van der Waals surface area contributed by atoms with Crippen LogP contribution in [0.5, 0.6) is 0 Å². The minimum atomic E-state index is -0.369. The zero-order valence-electron chi connectivity index (χ0n) is 15.4. The van der Waals surface area contributed by atoms with E-state index in [1.54, 1.807) is 41.3 Å². The predicted octanol–water partition coefficient (Wildman–Crippen LogP) is 1.80. The van der Waals surface area contributed by atoms with E-state index in [2.05, 4.69) is 11.2 Å². The predicted molar refractivity (Wildman–Crippen MR) is 103 cm³/mol. The first kappa shape index (κ1) is 19.2. The number of terminal acetylenes is 1. The number of furan rings is 1. The van der Waals surface area contributed by atoms with Crippen LogP contribution in [0.3, 0.4) is 0 Å². The largest absolute Gasteiger partial charge is 0.467 e. The van der Waals surface area contributed by atoms with Gasteiger partial charge in [0.05, 0.1) is 25.9 Å². The van der Waals surface area contributed by atoms with Gasteiger partial charge in [-0.05, 0) is 42.8 Å². The number of nitrogens with zero attached hydrogens (tertiary/aromatic N) is 2. The van der Waals surface area contributed by atoms with E-state index in [4.69, 9.17) is 10.8 Å². The van der Waals surface area contributed by atoms with Crippen molar-refractivity contribution in [2.75, 3.05) is 24.5 Å². The summed E-state index contributed by atoms with van der Waals surface area (Å²) < 4.78 is 5.24. The highest BCUT2D eigenvalue weighted by atomic mass is 16.3. The van der Waals surface area contributed by atoms with Crippen LogP contribution in [0.25, 0.3) is 0 Å². The molecule has 0 unspecified atom stereocenters. The van der Waals surface area contributed by atoms with Gasteiger partial charge < -0.3 is 19.5 Å². The Morgan fingerprint density at radius 1 is 1.25 bits per heavy atom. The SMILES string of the molecule is C#CCN(Cc1ccco1)C(=O)CNC(=O)c1ccc(N2CCCC2=O)cc1. The van der Waals surface area contributed by atoms with Crippen LogP contribution in [-0.4, -0.2) is 42.3 Å². The second-order valence-electron chi connectivity index (χ2n) is 6.41. The topological polar surface area (TPSA) is 82.9 Å². The Hall–Kier alpha value is -3.53. The summed E-state index contributed by atoms with van der Waals surface area (Å²) in [6.07, 6.45) is 8.25. The quantitative estimate of drug-likeness (QED) is 0.744. The molecule has 3 amide bonds. The molecule has 2 heterocycles. The molecule has 7 nitrogen and oxygen atoms in total. The third-order valence-corrected chi connectivity index (χ3v) is 4.48. The van der Waals surface area contributed by atoms with Crippen molar-refractivity contribution >= 4 is 23.4 Å². The minimum Gasteiger partial charge on any atom is -0.467 e. The van der Waals surface area contributed by atoms with Crippen molar-refractivity contribution in [3.8, 4) is 12.3 Å². The molecule has 0 bridgehead atoms. The van der Waals surface area contributed by atoms with Crippen molar-refractivity contribution in [3.63, 3.8) is 0 Å². The first-order chi connectivity index (χ1) is 13.6. The molecule has 1 fully saturated rings. The molecule has 1 aromatic heterocycles. The average Bonchev–Trinajstić information content (AvgIpc) is 3.37. The monoisotopic (exact) mass is 379 g/mol. The summed E-state index contributed by atoms with van der Waals surface area (Å²) in [6, 6.07) is 10.2. The highest BCUT2D eigenvalue weighted by molar-refractivity contribution is 5.98. The number of benzene rings is 1. The lowest BCUT2D eigenvalue weighted by Crippen LogP contribution is -2.40. The molecule has 1 aliphatic heterocycles. The lowest BCUT2D eigenvalue weighted by molar-refractivity contribution is -0.130. The molecule has 1 saturated heterocycles. The highest BCUT2D eigenvalue weighted by Gasteiger charge is 2.22. The summed E-state index contributed by atoms with van der Waals surface area (Å²) in [5.41, 5.74) is 1.19. The highest BCUT2D eigenvalue weighted by Crippen LogP contribution is 2.21. The van der Waals surface area contributed by atoms with Crippen LogP contribution < -0.4 is 10.2 Å². The molecule has 7 heteroatoms. The zero-order valence-corrected chi connectivity index (χ0v) is 15.4. The summed E-state index contributed by atoms with van der Waals surface area (Å²) >= 11 is 0. The summed E-state index contributed by atoms with van der Waals surface area (Å²) in [7, 11) is 0. The van der Waals surface area contributed by atoms with Crippen molar-refractivity contribution < 1.29 is 18.8 Å². The van der Waals surface area contributed by atoms with Gasteiger partial charge in [0.1, 0.15) is 5.76 Å². The molecule has 0 atom stereocenters. The van der Waals surface area contributed by atoms with Crippen LogP contribution >= 0.6 is 0 Å². The maximum absolute atomic E-state index is 12.4. The van der Waals surface area contributed by atoms with Gasteiger partial charge in [-0.25, -0.2) is 0 Å². The number of anilines is 1. The standard InChI is InChI=1S/C21H21N3O4/c1-2-11-23(15-18-5-4-13-28-18)20(26)14-22-21(27)16-7-9-17(10-8-16)24-12-3-6-19(24)25/h1,4-5,7-10,13H,3,6,11-12,14-15H2,(H,22,27). The molecule has 144 valence electrons. The van der Waals surface area contributed by atoms with Crippen LogP contribution in [0.15, 0.2) is 47.1 Å². The number of amides is 3. The number of carbonyl (C=O) groups excluding carboxylic acids is 3. The third-order valence-electron chi connectivity index (χ3n) is 4.48. The smallest absolute Gasteiger partial charge is 0.251 e. The van der Waals surface area contributed by atoms with Crippen LogP contribution in [0, 0.1) is 12.3 Å². The fourth-order valence-electron chi connectivity index (χ4n) is 3.02. The molecular weight excluding hydrogens is 358 g/mol. The van der Waals surface area contributed by atoms with Crippen LogP contribution in [0.4, 0.5) is 5.69 Å². The molecule has 1 aromatic carbocycles. The summed E-state index contributed by atoms with van der Waals surface area (Å²) in [5, 5.41) is 2.61. The Bertz CT molecular complexity index is 881. The van der Waals surface area contributed by atoms with Crippen molar-refractivity contribution in [2.24, 2.45) is 0 Å². The molecule has 3 rings (SSSR count). The number of nitrogens with one attached hydrogen (secondary N) is 1. The zero-order chi connectivity index (χ0) is 19.9. The van der Waals surface area contributed by atoms with Crippen molar-refractivity contribution in [1.29, 1.82) is 0 Å². The second-order valence-corrected chi connectivity index (χ2v) is 6.41. The van der Waals surface area contributed by atoms with E-state index in [0.29, 0.717) is 24.3 Å². The molecule has 0 radical (unpaired) electrons. The molecule has 0 aliphatic carbocycles. The number of hydrogen-bond acceptors (Lipinski definition) is 4. The van der Waals surface area contributed by atoms with Gasteiger partial charge in [-0.2, -0.15) is 0 Å². The van der Waals surface area contributed by atoms with Gasteiger partial charge in [0, 0.05) is 24.2 Å². The molecule has 1 aliphatic rings. The summed E-state index contributed by atoms with van der Waals surface area (Å²) in [6.45, 7) is 0.881. The molecule has 1 N–H and O–H groups in total. The molecule has 2 aromatic rings. The Balaban J connectivity index is 1.55. The van der Waals surface area contributed by atoms with Crippen molar-refractivity contribution in [3.05, 3.63) is 54.0 Å². The van der Waals surface area contributed by atoms with Gasteiger partial charge in [-0.3, -0.25) is 14.4 Å². The molecule has 0 saturated carbocycles. The van der Waals surface area contributed by atoms with Gasteiger partial charge in [-0.15, -0.1) is 6.42 Å². The number of rotatable bonds is 7. The lowest BCUT2D eigenvalue weighted by atomic mass is 10.2. The lowest BCUT2D eigenvalue weighted by Gasteiger charge is -2.19. The van der Waals surface area contributed by atoms with Crippen LogP contribution in [0.1, 0.15) is 29.0 Å². The van der Waals surface area contributed by atoms with Crippen LogP contribution in [0.2, 0.25) is 0 Å². The molecular formula is C21H21N3O4. The Morgan fingerprint density at radius 2 is 2.04 bits per heavy atom. The average molecular weight is 379 g/mol. The third kappa shape index (κ3) is 4.60. The van der Waals surface area contributed by atoms with Crippen LogP contribution in [-0.2, 0) is 16.1 Å². The summed E-state index contributed by atoms with van der Waals surface area (Å²) in [5.74, 6) is 2.47. The first-order valence-corrected chi connectivity index (χ1v) is 9.00.